The summed E-state index contributed by atoms with van der Waals surface area (Å²) in [6, 6.07) is 13.8. The summed E-state index contributed by atoms with van der Waals surface area (Å²) < 4.78 is 0. The average Bonchev–Trinajstić information content (AvgIpc) is 3.33. The highest BCUT2D eigenvalue weighted by atomic mass is 16.2. The van der Waals surface area contributed by atoms with Crippen LogP contribution in [0.4, 0.5) is 11.4 Å². The third-order valence-electron chi connectivity index (χ3n) is 5.14. The number of imide groups is 1. The third-order valence-corrected chi connectivity index (χ3v) is 5.14. The van der Waals surface area contributed by atoms with Crippen LogP contribution in [0.15, 0.2) is 58.9 Å². The van der Waals surface area contributed by atoms with E-state index in [2.05, 4.69) is 10.3 Å². The minimum absolute atomic E-state index is 0.262. The minimum atomic E-state index is -0.763. The fraction of sp³-hybridized carbons (Fsp3) is 0.263. The zero-order valence-electron chi connectivity index (χ0n) is 13.5. The van der Waals surface area contributed by atoms with Gasteiger partial charge in [0, 0.05) is 0 Å². The summed E-state index contributed by atoms with van der Waals surface area (Å²) in [6.07, 6.45) is 3.20. The van der Waals surface area contributed by atoms with Crippen LogP contribution in [-0.2, 0) is 22.4 Å². The summed E-state index contributed by atoms with van der Waals surface area (Å²) in [5, 5.41) is 9.70. The van der Waals surface area contributed by atoms with Crippen LogP contribution in [0, 0.1) is 0 Å². The highest BCUT2D eigenvalue weighted by Crippen LogP contribution is 2.36. The predicted octanol–water partition coefficient (Wildman–Crippen LogP) is 2.67. The molecule has 0 radical (unpaired) electrons. The Bertz CT molecular complexity index is 909. The van der Waals surface area contributed by atoms with Crippen molar-refractivity contribution in [1.82, 2.24) is 0 Å². The molecular formula is C19H16N4O2. The number of carbonyl (C=O) groups is 2. The highest BCUT2D eigenvalue weighted by Gasteiger charge is 2.55. The van der Waals surface area contributed by atoms with Crippen molar-refractivity contribution in [1.29, 1.82) is 0 Å². The third kappa shape index (κ3) is 2.03. The molecule has 0 unspecified atom stereocenters. The molecule has 3 aliphatic rings. The molecule has 1 aliphatic carbocycles. The van der Waals surface area contributed by atoms with Crippen molar-refractivity contribution < 1.29 is 9.59 Å². The number of rotatable bonds is 2. The Morgan fingerprint density at radius 3 is 2.52 bits per heavy atom. The standard InChI is InChI=1S/C19H16N4O2/c24-18-16-17(23(21-20-16)14-7-2-1-3-8-14)19(25)22(18)15-10-9-12-5-4-6-13(12)11-15/h1-3,7-11,16-17H,4-6H2/t16-,17+/m1/s1. The van der Waals surface area contributed by atoms with Crippen LogP contribution < -0.4 is 9.91 Å². The van der Waals surface area contributed by atoms with Crippen molar-refractivity contribution >= 4 is 23.2 Å². The van der Waals surface area contributed by atoms with E-state index in [-0.39, 0.29) is 11.8 Å². The minimum Gasteiger partial charge on any atom is -0.271 e. The van der Waals surface area contributed by atoms with Crippen LogP contribution in [0.1, 0.15) is 17.5 Å². The van der Waals surface area contributed by atoms with Crippen LogP contribution in [0.5, 0.6) is 0 Å². The summed E-state index contributed by atoms with van der Waals surface area (Å²) >= 11 is 0. The van der Waals surface area contributed by atoms with Crippen LogP contribution in [-0.4, -0.2) is 23.9 Å². The maximum atomic E-state index is 13.0. The Morgan fingerprint density at radius 1 is 0.880 bits per heavy atom. The SMILES string of the molecule is O=C1[C@@H]2[C@@H](N=NN2c2ccccc2)C(=O)N1c1ccc2c(c1)CCC2. The number of nitrogens with zero attached hydrogens (tertiary/aromatic N) is 4. The van der Waals surface area contributed by atoms with Gasteiger partial charge in [-0.1, -0.05) is 29.5 Å². The summed E-state index contributed by atoms with van der Waals surface area (Å²) in [6.45, 7) is 0. The van der Waals surface area contributed by atoms with Crippen molar-refractivity contribution in [3.8, 4) is 0 Å². The number of amides is 2. The lowest BCUT2D eigenvalue weighted by Gasteiger charge is -2.20. The van der Waals surface area contributed by atoms with Gasteiger partial charge in [0.2, 0.25) is 0 Å². The smallest absolute Gasteiger partial charge is 0.263 e. The Hall–Kier alpha value is -3.02. The maximum Gasteiger partial charge on any atom is 0.263 e. The molecule has 0 saturated carbocycles. The molecule has 2 aromatic carbocycles. The predicted molar refractivity (Wildman–Crippen MR) is 92.3 cm³/mol. The van der Waals surface area contributed by atoms with E-state index in [0.29, 0.717) is 5.69 Å². The number of benzene rings is 2. The quantitative estimate of drug-likeness (QED) is 0.794. The number of anilines is 2. The first kappa shape index (κ1) is 14.3. The molecule has 0 spiro atoms. The van der Waals surface area contributed by atoms with Gasteiger partial charge in [-0.15, -0.1) is 0 Å². The van der Waals surface area contributed by atoms with Crippen molar-refractivity contribution in [2.45, 2.75) is 31.3 Å². The van der Waals surface area contributed by atoms with Gasteiger partial charge < -0.3 is 0 Å². The largest absolute Gasteiger partial charge is 0.271 e. The molecule has 0 aromatic heterocycles. The van der Waals surface area contributed by atoms with Gasteiger partial charge >= 0.3 is 0 Å². The zero-order chi connectivity index (χ0) is 17.0. The Labute approximate surface area is 144 Å². The molecule has 5 rings (SSSR count). The van der Waals surface area contributed by atoms with E-state index in [1.165, 1.54) is 16.0 Å². The van der Waals surface area contributed by atoms with Crippen LogP contribution in [0.3, 0.4) is 0 Å². The summed E-state index contributed by atoms with van der Waals surface area (Å²) in [7, 11) is 0. The first-order chi connectivity index (χ1) is 12.2. The van der Waals surface area contributed by atoms with E-state index >= 15 is 0 Å². The van der Waals surface area contributed by atoms with Gasteiger partial charge in [-0.25, -0.2) is 9.91 Å². The summed E-state index contributed by atoms with van der Waals surface area (Å²) in [5.41, 5.74) is 3.95. The molecule has 6 nitrogen and oxygen atoms in total. The molecular weight excluding hydrogens is 316 g/mol. The summed E-state index contributed by atoms with van der Waals surface area (Å²) in [4.78, 5) is 27.1. The lowest BCUT2D eigenvalue weighted by Crippen LogP contribution is -2.39. The molecule has 2 aromatic rings. The van der Waals surface area contributed by atoms with Gasteiger partial charge in [-0.05, 0) is 54.7 Å². The van der Waals surface area contributed by atoms with Gasteiger partial charge in [-0.2, -0.15) is 5.11 Å². The van der Waals surface area contributed by atoms with E-state index in [4.69, 9.17) is 0 Å². The summed E-state index contributed by atoms with van der Waals surface area (Å²) in [5.74, 6) is -0.558. The second kappa shape index (κ2) is 5.24. The van der Waals surface area contributed by atoms with E-state index in [9.17, 15) is 9.59 Å². The number of carbonyl (C=O) groups excluding carboxylic acids is 2. The van der Waals surface area contributed by atoms with Crippen molar-refractivity contribution in [2.75, 3.05) is 9.91 Å². The zero-order valence-corrected chi connectivity index (χ0v) is 13.5. The fourth-order valence-corrected chi connectivity index (χ4v) is 3.91. The first-order valence-electron chi connectivity index (χ1n) is 8.49. The van der Waals surface area contributed by atoms with Gasteiger partial charge in [0.25, 0.3) is 11.8 Å². The van der Waals surface area contributed by atoms with E-state index in [0.717, 1.165) is 24.9 Å². The highest BCUT2D eigenvalue weighted by molar-refractivity contribution is 6.26. The lowest BCUT2D eigenvalue weighted by atomic mass is 10.1. The van der Waals surface area contributed by atoms with Gasteiger partial charge in [0.15, 0.2) is 12.1 Å². The van der Waals surface area contributed by atoms with E-state index < -0.39 is 12.1 Å². The van der Waals surface area contributed by atoms with Gasteiger partial charge in [0.1, 0.15) is 0 Å². The number of fused-ring (bicyclic) bond motifs is 2. The van der Waals surface area contributed by atoms with E-state index in [1.54, 1.807) is 5.01 Å². The van der Waals surface area contributed by atoms with Crippen LogP contribution in [0.2, 0.25) is 0 Å². The molecule has 2 atom stereocenters. The van der Waals surface area contributed by atoms with E-state index in [1.807, 2.05) is 48.5 Å². The Morgan fingerprint density at radius 2 is 1.68 bits per heavy atom. The van der Waals surface area contributed by atoms with Crippen LogP contribution in [0.25, 0.3) is 0 Å². The molecule has 0 N–H and O–H groups in total. The van der Waals surface area contributed by atoms with Crippen molar-refractivity contribution in [2.24, 2.45) is 10.3 Å². The topological polar surface area (TPSA) is 65.3 Å². The molecule has 6 heteroatoms. The number of hydrogen-bond donors (Lipinski definition) is 0. The first-order valence-corrected chi connectivity index (χ1v) is 8.49. The monoisotopic (exact) mass is 332 g/mol. The normalized spacial score (nSPS) is 24.2. The Kier molecular flexibility index (Phi) is 3.00. The maximum absolute atomic E-state index is 13.0. The molecule has 1 saturated heterocycles. The molecule has 2 aliphatic heterocycles. The molecule has 0 bridgehead atoms. The second-order valence-corrected chi connectivity index (χ2v) is 6.59. The Balaban J connectivity index is 1.51. The average molecular weight is 332 g/mol. The molecule has 25 heavy (non-hydrogen) atoms. The molecule has 1 fully saturated rings. The van der Waals surface area contributed by atoms with Gasteiger partial charge in [0.05, 0.1) is 11.4 Å². The second-order valence-electron chi connectivity index (χ2n) is 6.59. The van der Waals surface area contributed by atoms with Crippen LogP contribution >= 0.6 is 0 Å². The van der Waals surface area contributed by atoms with Crippen molar-refractivity contribution in [3.63, 3.8) is 0 Å². The lowest BCUT2D eigenvalue weighted by molar-refractivity contribution is -0.121. The molecule has 2 heterocycles. The number of para-hydroxylation sites is 1. The van der Waals surface area contributed by atoms with Crippen molar-refractivity contribution in [3.05, 3.63) is 59.7 Å². The number of hydrogen-bond acceptors (Lipinski definition) is 5. The number of aryl methyl sites for hydroxylation is 2. The molecule has 2 amide bonds. The van der Waals surface area contributed by atoms with Gasteiger partial charge in [-0.3, -0.25) is 9.59 Å². The fourth-order valence-electron chi connectivity index (χ4n) is 3.91. The molecule has 124 valence electrons.